The molecule has 30 heavy (non-hydrogen) atoms. The topological polar surface area (TPSA) is 74.3 Å². The molecule has 2 amide bonds. The Bertz CT molecular complexity index is 1000. The molecule has 2 N–H and O–H groups in total. The molecule has 3 saturated heterocycles. The standard InChI is InChI=1S/C22H22ClFN4O2/c23-19-6-2-5-18(26-19)21(30)27-22-10-16-8-15(9-17(11-22)28(16)12-22)25-20(29)13-3-1-4-14(24)7-13/h1-7,15-17H,8-12H2,(H,25,29)(H,27,30). The number of aromatic nitrogens is 1. The number of amides is 2. The predicted octanol–water partition coefficient (Wildman–Crippen LogP) is 2.78. The largest absolute Gasteiger partial charge is 0.349 e. The molecule has 1 aromatic heterocycles. The first-order valence-corrected chi connectivity index (χ1v) is 10.6. The Hall–Kier alpha value is -2.51. The molecule has 5 rings (SSSR count). The number of nitrogens with one attached hydrogen (secondary N) is 2. The van der Waals surface area contributed by atoms with Gasteiger partial charge in [-0.15, -0.1) is 0 Å². The van der Waals surface area contributed by atoms with E-state index < -0.39 is 5.82 Å². The molecule has 1 aromatic carbocycles. The maximum Gasteiger partial charge on any atom is 0.270 e. The van der Waals surface area contributed by atoms with E-state index in [1.165, 1.54) is 12.1 Å². The maximum atomic E-state index is 13.4. The van der Waals surface area contributed by atoms with Crippen LogP contribution in [0.3, 0.4) is 0 Å². The van der Waals surface area contributed by atoms with Gasteiger partial charge in [-0.25, -0.2) is 9.37 Å². The molecule has 0 radical (unpaired) electrons. The van der Waals surface area contributed by atoms with E-state index >= 15 is 0 Å². The maximum absolute atomic E-state index is 13.4. The second-order valence-corrected chi connectivity index (χ2v) is 9.01. The summed E-state index contributed by atoms with van der Waals surface area (Å²) in [7, 11) is 0. The molecule has 2 aromatic rings. The van der Waals surface area contributed by atoms with Crippen LogP contribution in [0.4, 0.5) is 4.39 Å². The number of fused-ring (bicyclic) bond motifs is 1. The van der Waals surface area contributed by atoms with Crippen molar-refractivity contribution < 1.29 is 14.0 Å². The zero-order valence-electron chi connectivity index (χ0n) is 16.3. The van der Waals surface area contributed by atoms with Crippen molar-refractivity contribution in [2.75, 3.05) is 6.54 Å². The summed E-state index contributed by atoms with van der Waals surface area (Å²) in [4.78, 5) is 31.8. The highest BCUT2D eigenvalue weighted by Gasteiger charge is 2.57. The molecule has 4 heterocycles. The summed E-state index contributed by atoms with van der Waals surface area (Å²) in [6.07, 6.45) is 3.35. The smallest absolute Gasteiger partial charge is 0.270 e. The van der Waals surface area contributed by atoms with Crippen molar-refractivity contribution in [1.29, 1.82) is 0 Å². The fraction of sp³-hybridized carbons (Fsp3) is 0.409. The van der Waals surface area contributed by atoms with Crippen LogP contribution in [0.1, 0.15) is 46.5 Å². The molecule has 0 spiro atoms. The SMILES string of the molecule is O=C(NC1CC2CC3(NC(=O)c4cccc(Cl)n4)CC(C1)N2C3)c1cccc(F)c1. The Morgan fingerprint density at radius 2 is 1.83 bits per heavy atom. The molecule has 6 nitrogen and oxygen atoms in total. The van der Waals surface area contributed by atoms with Crippen molar-refractivity contribution >= 4 is 23.4 Å². The number of nitrogens with zero attached hydrogens (tertiary/aromatic N) is 2. The monoisotopic (exact) mass is 428 g/mol. The number of hydrogen-bond acceptors (Lipinski definition) is 4. The highest BCUT2D eigenvalue weighted by atomic mass is 35.5. The molecular weight excluding hydrogens is 407 g/mol. The van der Waals surface area contributed by atoms with Crippen molar-refractivity contribution in [3.8, 4) is 0 Å². The minimum Gasteiger partial charge on any atom is -0.349 e. The van der Waals surface area contributed by atoms with Gasteiger partial charge in [-0.05, 0) is 56.0 Å². The third-order valence-electron chi connectivity index (χ3n) is 6.54. The van der Waals surface area contributed by atoms with Crippen LogP contribution in [0.5, 0.6) is 0 Å². The van der Waals surface area contributed by atoms with E-state index in [1.807, 2.05) is 0 Å². The normalized spacial score (nSPS) is 29.6. The fourth-order valence-electron chi connectivity index (χ4n) is 5.44. The van der Waals surface area contributed by atoms with E-state index in [1.54, 1.807) is 30.3 Å². The Labute approximate surface area is 178 Å². The first-order chi connectivity index (χ1) is 14.4. The van der Waals surface area contributed by atoms with Gasteiger partial charge in [0.1, 0.15) is 16.7 Å². The van der Waals surface area contributed by atoms with Crippen molar-refractivity contribution in [2.45, 2.75) is 49.3 Å². The molecule has 2 unspecified atom stereocenters. The minimum atomic E-state index is -0.415. The number of carbonyl (C=O) groups is 2. The first kappa shape index (κ1) is 19.5. The minimum absolute atomic E-state index is 0.0495. The van der Waals surface area contributed by atoms with Gasteiger partial charge in [-0.2, -0.15) is 0 Å². The molecule has 3 aliphatic rings. The molecular formula is C22H22ClFN4O2. The Morgan fingerprint density at radius 1 is 1.10 bits per heavy atom. The molecule has 156 valence electrons. The van der Waals surface area contributed by atoms with Gasteiger partial charge in [0.15, 0.2) is 0 Å². The van der Waals surface area contributed by atoms with Crippen LogP contribution in [0, 0.1) is 5.82 Å². The van der Waals surface area contributed by atoms with E-state index in [0.29, 0.717) is 28.5 Å². The van der Waals surface area contributed by atoms with Crippen LogP contribution in [0.15, 0.2) is 42.5 Å². The number of hydrogen-bond donors (Lipinski definition) is 2. The lowest BCUT2D eigenvalue weighted by Crippen LogP contribution is -2.55. The number of halogens is 2. The zero-order valence-corrected chi connectivity index (χ0v) is 17.0. The van der Waals surface area contributed by atoms with Gasteiger partial charge in [0, 0.05) is 30.2 Å². The van der Waals surface area contributed by atoms with E-state index in [0.717, 1.165) is 32.2 Å². The number of benzene rings is 1. The first-order valence-electron chi connectivity index (χ1n) is 10.2. The third kappa shape index (κ3) is 3.56. The molecule has 0 aliphatic carbocycles. The number of carbonyl (C=O) groups excluding carboxylic acids is 2. The van der Waals surface area contributed by atoms with Gasteiger partial charge >= 0.3 is 0 Å². The van der Waals surface area contributed by atoms with Gasteiger partial charge in [-0.1, -0.05) is 23.7 Å². The Morgan fingerprint density at radius 3 is 2.53 bits per heavy atom. The van der Waals surface area contributed by atoms with Crippen LogP contribution < -0.4 is 10.6 Å². The second kappa shape index (κ2) is 7.32. The van der Waals surface area contributed by atoms with Crippen molar-refractivity contribution in [1.82, 2.24) is 20.5 Å². The molecule has 0 saturated carbocycles. The summed E-state index contributed by atoms with van der Waals surface area (Å²) in [6.45, 7) is 0.819. The summed E-state index contributed by atoms with van der Waals surface area (Å²) in [5.41, 5.74) is 0.411. The lowest BCUT2D eigenvalue weighted by molar-refractivity contribution is 0.0757. The van der Waals surface area contributed by atoms with Crippen LogP contribution in [-0.2, 0) is 0 Å². The molecule has 2 atom stereocenters. The van der Waals surface area contributed by atoms with Gasteiger partial charge in [0.25, 0.3) is 11.8 Å². The van der Waals surface area contributed by atoms with Gasteiger partial charge in [-0.3, -0.25) is 14.5 Å². The quantitative estimate of drug-likeness (QED) is 0.734. The summed E-state index contributed by atoms with van der Waals surface area (Å²) >= 11 is 5.92. The summed E-state index contributed by atoms with van der Waals surface area (Å²) < 4.78 is 13.4. The molecule has 3 fully saturated rings. The van der Waals surface area contributed by atoms with Crippen LogP contribution in [0.2, 0.25) is 5.15 Å². The van der Waals surface area contributed by atoms with Gasteiger partial charge in [0.2, 0.25) is 0 Å². The number of piperidine rings is 2. The van der Waals surface area contributed by atoms with Gasteiger partial charge in [0.05, 0.1) is 5.54 Å². The van der Waals surface area contributed by atoms with Crippen LogP contribution >= 0.6 is 11.6 Å². The summed E-state index contributed by atoms with van der Waals surface area (Å²) in [5, 5.41) is 6.58. The average molecular weight is 429 g/mol. The molecule has 2 bridgehead atoms. The van der Waals surface area contributed by atoms with Gasteiger partial charge < -0.3 is 10.6 Å². The van der Waals surface area contributed by atoms with Crippen LogP contribution in [-0.4, -0.2) is 51.9 Å². The highest BCUT2D eigenvalue weighted by Crippen LogP contribution is 2.47. The lowest BCUT2D eigenvalue weighted by atomic mass is 9.79. The Balaban J connectivity index is 1.23. The van der Waals surface area contributed by atoms with Crippen LogP contribution in [0.25, 0.3) is 0 Å². The molecule has 3 aliphatic heterocycles. The lowest BCUT2D eigenvalue weighted by Gasteiger charge is -2.43. The van der Waals surface area contributed by atoms with E-state index in [4.69, 9.17) is 11.6 Å². The number of pyridine rings is 1. The van der Waals surface area contributed by atoms with E-state index in [-0.39, 0.29) is 23.4 Å². The summed E-state index contributed by atoms with van der Waals surface area (Å²) in [6, 6.07) is 11.4. The van der Waals surface area contributed by atoms with E-state index in [2.05, 4.69) is 20.5 Å². The Kier molecular flexibility index (Phi) is 4.75. The van der Waals surface area contributed by atoms with Crippen molar-refractivity contribution in [3.63, 3.8) is 0 Å². The average Bonchev–Trinajstić information content (AvgIpc) is 3.23. The van der Waals surface area contributed by atoms with Crippen molar-refractivity contribution in [2.24, 2.45) is 0 Å². The van der Waals surface area contributed by atoms with Crippen molar-refractivity contribution in [3.05, 3.63) is 64.7 Å². The second-order valence-electron chi connectivity index (χ2n) is 8.62. The third-order valence-corrected chi connectivity index (χ3v) is 6.75. The van der Waals surface area contributed by atoms with E-state index in [9.17, 15) is 14.0 Å². The zero-order chi connectivity index (χ0) is 20.9. The summed E-state index contributed by atoms with van der Waals surface area (Å²) in [5.74, 6) is -0.853. The number of rotatable bonds is 4. The fourth-order valence-corrected chi connectivity index (χ4v) is 5.61. The predicted molar refractivity (Wildman–Crippen MR) is 110 cm³/mol. The molecule has 8 heteroatoms. The highest BCUT2D eigenvalue weighted by molar-refractivity contribution is 6.29.